The Hall–Kier alpha value is -3.10. The molecule has 6 heteroatoms. The number of aromatic amines is 1. The maximum absolute atomic E-state index is 12.7. The minimum absolute atomic E-state index is 0.0685. The fourth-order valence-electron chi connectivity index (χ4n) is 2.75. The molecule has 0 aliphatic rings. The monoisotopic (exact) mass is 320 g/mol. The normalized spacial score (nSPS) is 11.0. The van der Waals surface area contributed by atoms with Gasteiger partial charge in [0.1, 0.15) is 16.8 Å². The van der Waals surface area contributed by atoms with E-state index in [-0.39, 0.29) is 11.1 Å². The summed E-state index contributed by atoms with van der Waals surface area (Å²) in [7, 11) is 0. The Morgan fingerprint density at radius 1 is 1.17 bits per heavy atom. The van der Waals surface area contributed by atoms with Gasteiger partial charge in [0.05, 0.1) is 22.9 Å². The average Bonchev–Trinajstić information content (AvgIpc) is 2.93. The molecule has 0 spiro atoms. The lowest BCUT2D eigenvalue weighted by Crippen LogP contribution is -2.21. The third-order valence-electron chi connectivity index (χ3n) is 3.74. The number of pyridine rings is 2. The number of hydrogen-bond donors (Lipinski definition) is 1. The second-order valence-electron chi connectivity index (χ2n) is 5.08. The van der Waals surface area contributed by atoms with Gasteiger partial charge in [0.15, 0.2) is 0 Å². The summed E-state index contributed by atoms with van der Waals surface area (Å²) in [5, 5.41) is 10.5. The highest BCUT2D eigenvalue weighted by molar-refractivity contribution is 6.29. The van der Waals surface area contributed by atoms with E-state index in [1.807, 2.05) is 30.3 Å². The van der Waals surface area contributed by atoms with Gasteiger partial charge in [-0.2, -0.15) is 5.26 Å². The first-order chi connectivity index (χ1) is 11.2. The van der Waals surface area contributed by atoms with E-state index in [4.69, 9.17) is 11.6 Å². The summed E-state index contributed by atoms with van der Waals surface area (Å²) in [5.41, 5.74) is 2.58. The van der Waals surface area contributed by atoms with Crippen molar-refractivity contribution in [3.05, 3.63) is 69.7 Å². The molecule has 0 amide bonds. The molecule has 3 aromatic heterocycles. The average molecular weight is 321 g/mol. The molecule has 110 valence electrons. The molecule has 1 aromatic carbocycles. The van der Waals surface area contributed by atoms with Crippen LogP contribution in [0.1, 0.15) is 5.56 Å². The highest BCUT2D eigenvalue weighted by atomic mass is 35.5. The van der Waals surface area contributed by atoms with Gasteiger partial charge in [-0.25, -0.2) is 4.98 Å². The molecule has 0 fully saturated rings. The van der Waals surface area contributed by atoms with E-state index in [9.17, 15) is 10.1 Å². The van der Waals surface area contributed by atoms with Crippen LogP contribution in [0.2, 0.25) is 5.15 Å². The number of aromatic nitrogens is 3. The largest absolute Gasteiger partial charge is 0.353 e. The fraction of sp³-hybridized carbons (Fsp3) is 0. The Bertz CT molecular complexity index is 1150. The van der Waals surface area contributed by atoms with Crippen molar-refractivity contribution in [2.45, 2.75) is 0 Å². The van der Waals surface area contributed by atoms with Crippen LogP contribution in [0, 0.1) is 11.3 Å². The number of hydrogen-bond acceptors (Lipinski definition) is 3. The van der Waals surface area contributed by atoms with Gasteiger partial charge in [-0.3, -0.25) is 9.36 Å². The molecule has 0 saturated heterocycles. The summed E-state index contributed by atoms with van der Waals surface area (Å²) < 4.78 is 1.50. The first-order valence-corrected chi connectivity index (χ1v) is 7.25. The number of halogens is 1. The fourth-order valence-corrected chi connectivity index (χ4v) is 2.86. The van der Waals surface area contributed by atoms with E-state index < -0.39 is 0 Å². The molecule has 23 heavy (non-hydrogen) atoms. The maximum atomic E-state index is 12.7. The van der Waals surface area contributed by atoms with Crippen LogP contribution in [0.5, 0.6) is 0 Å². The third kappa shape index (κ3) is 2.00. The Kier molecular flexibility index (Phi) is 2.93. The quantitative estimate of drug-likeness (QED) is 0.546. The third-order valence-corrected chi connectivity index (χ3v) is 3.97. The lowest BCUT2D eigenvalue weighted by Gasteiger charge is -2.08. The van der Waals surface area contributed by atoms with E-state index in [1.165, 1.54) is 10.8 Å². The van der Waals surface area contributed by atoms with Crippen molar-refractivity contribution in [3.63, 3.8) is 0 Å². The summed E-state index contributed by atoms with van der Waals surface area (Å²) in [4.78, 5) is 20.0. The molecule has 3 heterocycles. The molecule has 0 aliphatic carbocycles. The molecular formula is C17H9ClN4O. The zero-order valence-corrected chi connectivity index (χ0v) is 12.5. The second kappa shape index (κ2) is 4.97. The van der Waals surface area contributed by atoms with Crippen molar-refractivity contribution in [1.29, 1.82) is 5.26 Å². The summed E-state index contributed by atoms with van der Waals surface area (Å²) >= 11 is 5.83. The Morgan fingerprint density at radius 3 is 2.74 bits per heavy atom. The standard InChI is InChI=1S/C17H9ClN4O/c18-15-6-5-11(9-20-15)22-16-12-3-1-2-4-13(12)21-14(16)7-10(8-19)17(22)23/h1-7,9,21H. The minimum atomic E-state index is -0.381. The van der Waals surface area contributed by atoms with E-state index in [2.05, 4.69) is 9.97 Å². The maximum Gasteiger partial charge on any atom is 0.273 e. The van der Waals surface area contributed by atoms with Crippen molar-refractivity contribution in [2.75, 3.05) is 0 Å². The molecule has 0 aliphatic heterocycles. The summed E-state index contributed by atoms with van der Waals surface area (Å²) in [6.45, 7) is 0. The van der Waals surface area contributed by atoms with Gasteiger partial charge < -0.3 is 4.98 Å². The molecule has 0 saturated carbocycles. The van der Waals surface area contributed by atoms with Gasteiger partial charge in [-0.1, -0.05) is 29.8 Å². The number of para-hydroxylation sites is 1. The van der Waals surface area contributed by atoms with Gasteiger partial charge in [0, 0.05) is 10.9 Å². The SMILES string of the molecule is N#Cc1cc2[nH]c3ccccc3c2n(-c2ccc(Cl)nc2)c1=O. The first-order valence-electron chi connectivity index (χ1n) is 6.87. The van der Waals surface area contributed by atoms with Gasteiger partial charge >= 0.3 is 0 Å². The summed E-state index contributed by atoms with van der Waals surface area (Å²) in [6.07, 6.45) is 1.52. The number of rotatable bonds is 1. The number of benzene rings is 1. The molecule has 0 unspecified atom stereocenters. The molecule has 4 rings (SSSR count). The van der Waals surface area contributed by atoms with Crippen molar-refractivity contribution < 1.29 is 0 Å². The lowest BCUT2D eigenvalue weighted by molar-refractivity contribution is 1.02. The van der Waals surface area contributed by atoms with Crippen molar-refractivity contribution in [1.82, 2.24) is 14.5 Å². The lowest BCUT2D eigenvalue weighted by atomic mass is 10.2. The number of nitriles is 1. The van der Waals surface area contributed by atoms with Gasteiger partial charge in [0.25, 0.3) is 5.56 Å². The predicted molar refractivity (Wildman–Crippen MR) is 88.9 cm³/mol. The molecule has 5 nitrogen and oxygen atoms in total. The number of nitrogens with zero attached hydrogens (tertiary/aromatic N) is 3. The molecule has 1 N–H and O–H groups in total. The predicted octanol–water partition coefficient (Wildman–Crippen LogP) is 3.39. The van der Waals surface area contributed by atoms with Crippen molar-refractivity contribution in [3.8, 4) is 11.8 Å². The number of fused-ring (bicyclic) bond motifs is 3. The van der Waals surface area contributed by atoms with Gasteiger partial charge in [-0.15, -0.1) is 0 Å². The molecular weight excluding hydrogens is 312 g/mol. The van der Waals surface area contributed by atoms with Gasteiger partial charge in [-0.05, 0) is 24.3 Å². The number of H-pyrrole nitrogens is 1. The molecule has 0 bridgehead atoms. The van der Waals surface area contributed by atoms with Crippen LogP contribution in [0.15, 0.2) is 53.5 Å². The van der Waals surface area contributed by atoms with Crippen LogP contribution in [-0.4, -0.2) is 14.5 Å². The van der Waals surface area contributed by atoms with Crippen LogP contribution < -0.4 is 5.56 Å². The zero-order chi connectivity index (χ0) is 16.0. The highest BCUT2D eigenvalue weighted by Gasteiger charge is 2.15. The Labute approximate surface area is 135 Å². The van der Waals surface area contributed by atoms with E-state index in [0.717, 1.165) is 16.4 Å². The van der Waals surface area contributed by atoms with Crippen LogP contribution in [0.3, 0.4) is 0 Å². The second-order valence-corrected chi connectivity index (χ2v) is 5.47. The highest BCUT2D eigenvalue weighted by Crippen LogP contribution is 2.26. The Balaban J connectivity index is 2.23. The number of nitrogens with one attached hydrogen (secondary N) is 1. The summed E-state index contributed by atoms with van der Waals surface area (Å²) in [5.74, 6) is 0. The zero-order valence-electron chi connectivity index (χ0n) is 11.7. The van der Waals surface area contributed by atoms with E-state index >= 15 is 0 Å². The van der Waals surface area contributed by atoms with Crippen molar-refractivity contribution in [2.24, 2.45) is 0 Å². The van der Waals surface area contributed by atoms with Crippen LogP contribution in [0.25, 0.3) is 27.6 Å². The molecule has 0 radical (unpaired) electrons. The minimum Gasteiger partial charge on any atom is -0.353 e. The topological polar surface area (TPSA) is 74.5 Å². The van der Waals surface area contributed by atoms with E-state index in [0.29, 0.717) is 16.4 Å². The molecule has 4 aromatic rings. The van der Waals surface area contributed by atoms with Gasteiger partial charge in [0.2, 0.25) is 0 Å². The molecule has 0 atom stereocenters. The van der Waals surface area contributed by atoms with Crippen LogP contribution >= 0.6 is 11.6 Å². The van der Waals surface area contributed by atoms with Crippen LogP contribution in [0.4, 0.5) is 0 Å². The summed E-state index contributed by atoms with van der Waals surface area (Å²) in [6, 6.07) is 14.5. The van der Waals surface area contributed by atoms with Crippen molar-refractivity contribution >= 4 is 33.5 Å². The van der Waals surface area contributed by atoms with E-state index in [1.54, 1.807) is 18.2 Å². The smallest absolute Gasteiger partial charge is 0.273 e. The first kappa shape index (κ1) is 13.6. The Morgan fingerprint density at radius 2 is 2.00 bits per heavy atom. The van der Waals surface area contributed by atoms with Crippen LogP contribution in [-0.2, 0) is 0 Å².